The molecule has 3 heteroatoms. The fourth-order valence-corrected chi connectivity index (χ4v) is 0.905. The summed E-state index contributed by atoms with van der Waals surface area (Å²) in [5.41, 5.74) is 0. The van der Waals surface area contributed by atoms with Gasteiger partial charge in [-0.15, -0.1) is 0 Å². The van der Waals surface area contributed by atoms with Gasteiger partial charge in [-0.05, 0) is 28.8 Å². The van der Waals surface area contributed by atoms with E-state index in [0.29, 0.717) is 6.47 Å². The second-order valence-corrected chi connectivity index (χ2v) is 2.81. The van der Waals surface area contributed by atoms with E-state index >= 15 is 0 Å². The van der Waals surface area contributed by atoms with E-state index in [4.69, 9.17) is 0 Å². The molecule has 0 aliphatic rings. The molecule has 0 N–H and O–H groups in total. The molecule has 0 saturated carbocycles. The first-order valence-electron chi connectivity index (χ1n) is 3.04. The molecule has 0 amide bonds. The van der Waals surface area contributed by atoms with Crippen molar-refractivity contribution in [1.82, 2.24) is 0 Å². The van der Waals surface area contributed by atoms with Crippen LogP contribution in [0.25, 0.3) is 0 Å². The van der Waals surface area contributed by atoms with Gasteiger partial charge in [0.25, 0.3) is 6.47 Å². The lowest BCUT2D eigenvalue weighted by Crippen LogP contribution is -2.01. The summed E-state index contributed by atoms with van der Waals surface area (Å²) in [6.45, 7) is 2.57. The first-order chi connectivity index (χ1) is 4.31. The molecule has 0 aromatic carbocycles. The topological polar surface area (TPSA) is 26.3 Å². The lowest BCUT2D eigenvalue weighted by molar-refractivity contribution is -0.129. The minimum absolute atomic E-state index is 0.0880. The number of carbonyl (C=O) groups is 1. The fourth-order valence-electron chi connectivity index (χ4n) is 0.493. The van der Waals surface area contributed by atoms with Crippen LogP contribution < -0.4 is 0 Å². The van der Waals surface area contributed by atoms with E-state index in [-0.39, 0.29) is 5.01 Å². The number of carbonyl (C=O) groups excluding carboxylic acids is 1. The first-order valence-corrected chi connectivity index (χ1v) is 3.96. The largest absolute Gasteiger partial charge is 0.453 e. The first kappa shape index (κ1) is 8.95. The monoisotopic (exact) mass is 194 g/mol. The van der Waals surface area contributed by atoms with Gasteiger partial charge in [-0.25, -0.2) is 0 Å². The van der Waals surface area contributed by atoms with Gasteiger partial charge >= 0.3 is 0 Å². The third-order valence-corrected chi connectivity index (χ3v) is 1.66. The normalized spacial score (nSPS) is 12.7. The van der Waals surface area contributed by atoms with Crippen LogP contribution >= 0.6 is 15.9 Å². The van der Waals surface area contributed by atoms with Crippen LogP contribution in [-0.2, 0) is 9.53 Å². The molecule has 0 saturated heterocycles. The Kier molecular flexibility index (Phi) is 6.04. The van der Waals surface area contributed by atoms with E-state index in [1.165, 1.54) is 0 Å². The summed E-state index contributed by atoms with van der Waals surface area (Å²) in [5, 5.41) is -0.0880. The number of ether oxygens (including phenoxy) is 1. The number of alkyl halides is 1. The van der Waals surface area contributed by atoms with E-state index in [2.05, 4.69) is 27.6 Å². The average Bonchev–Trinajstić information content (AvgIpc) is 1.85. The van der Waals surface area contributed by atoms with Gasteiger partial charge in [-0.1, -0.05) is 13.3 Å². The molecule has 54 valence electrons. The highest BCUT2D eigenvalue weighted by Crippen LogP contribution is 2.09. The third kappa shape index (κ3) is 5.83. The van der Waals surface area contributed by atoms with Crippen molar-refractivity contribution >= 4 is 22.4 Å². The SMILES string of the molecule is CCCCC(Br)OC=O. The summed E-state index contributed by atoms with van der Waals surface area (Å²) in [5.74, 6) is 0. The maximum Gasteiger partial charge on any atom is 0.294 e. The van der Waals surface area contributed by atoms with E-state index in [9.17, 15) is 4.79 Å². The Morgan fingerprint density at radius 2 is 2.44 bits per heavy atom. The lowest BCUT2D eigenvalue weighted by Gasteiger charge is -2.04. The smallest absolute Gasteiger partial charge is 0.294 e. The Labute approximate surface area is 63.7 Å². The highest BCUT2D eigenvalue weighted by Gasteiger charge is 2.00. The van der Waals surface area contributed by atoms with Gasteiger partial charge in [0.1, 0.15) is 0 Å². The zero-order valence-electron chi connectivity index (χ0n) is 5.47. The minimum atomic E-state index is -0.0880. The van der Waals surface area contributed by atoms with Gasteiger partial charge in [0, 0.05) is 0 Å². The van der Waals surface area contributed by atoms with Gasteiger partial charge in [0.05, 0.1) is 0 Å². The average molecular weight is 195 g/mol. The molecule has 0 aromatic heterocycles. The molecular formula is C6H11BrO2. The molecule has 9 heavy (non-hydrogen) atoms. The number of unbranched alkanes of at least 4 members (excludes halogenated alkanes) is 1. The molecule has 2 nitrogen and oxygen atoms in total. The van der Waals surface area contributed by atoms with Crippen molar-refractivity contribution in [2.45, 2.75) is 31.2 Å². The van der Waals surface area contributed by atoms with E-state index in [1.807, 2.05) is 0 Å². The van der Waals surface area contributed by atoms with Crippen molar-refractivity contribution in [3.8, 4) is 0 Å². The summed E-state index contributed by atoms with van der Waals surface area (Å²) in [6.07, 6.45) is 3.11. The second-order valence-electron chi connectivity index (χ2n) is 1.78. The zero-order valence-corrected chi connectivity index (χ0v) is 7.06. The number of hydrogen-bond donors (Lipinski definition) is 0. The lowest BCUT2D eigenvalue weighted by atomic mass is 10.3. The van der Waals surface area contributed by atoms with Gasteiger partial charge in [-0.3, -0.25) is 4.79 Å². The van der Waals surface area contributed by atoms with E-state index < -0.39 is 0 Å². The van der Waals surface area contributed by atoms with Crippen molar-refractivity contribution in [3.63, 3.8) is 0 Å². The predicted octanol–water partition coefficient (Wildman–Crippen LogP) is 2.07. The van der Waals surface area contributed by atoms with Crippen LogP contribution in [0.15, 0.2) is 0 Å². The zero-order chi connectivity index (χ0) is 7.11. The quantitative estimate of drug-likeness (QED) is 0.495. The summed E-state index contributed by atoms with van der Waals surface area (Å²) in [6, 6.07) is 0. The van der Waals surface area contributed by atoms with E-state index in [0.717, 1.165) is 19.3 Å². The molecule has 0 rings (SSSR count). The molecule has 0 aliphatic heterocycles. The highest BCUT2D eigenvalue weighted by atomic mass is 79.9. The molecule has 0 radical (unpaired) electrons. The minimum Gasteiger partial charge on any atom is -0.453 e. The van der Waals surface area contributed by atoms with E-state index in [1.54, 1.807) is 0 Å². The summed E-state index contributed by atoms with van der Waals surface area (Å²) in [7, 11) is 0. The Bertz CT molecular complexity index is 75.5. The number of halogens is 1. The Hall–Kier alpha value is -0.0500. The van der Waals surface area contributed by atoms with Crippen molar-refractivity contribution in [3.05, 3.63) is 0 Å². The van der Waals surface area contributed by atoms with Gasteiger partial charge in [0.2, 0.25) is 0 Å². The number of hydrogen-bond acceptors (Lipinski definition) is 2. The standard InChI is InChI=1S/C6H11BrO2/c1-2-3-4-6(7)9-5-8/h5-6H,2-4H2,1H3. The Balaban J connectivity index is 3.04. The molecule has 0 aliphatic carbocycles. The second kappa shape index (κ2) is 6.08. The van der Waals surface area contributed by atoms with Gasteiger partial charge < -0.3 is 4.74 Å². The van der Waals surface area contributed by atoms with Crippen molar-refractivity contribution in [2.24, 2.45) is 0 Å². The van der Waals surface area contributed by atoms with Gasteiger partial charge in [-0.2, -0.15) is 0 Å². The summed E-state index contributed by atoms with van der Waals surface area (Å²) in [4.78, 5) is 9.73. The number of rotatable bonds is 5. The molecule has 0 aromatic rings. The fraction of sp³-hybridized carbons (Fsp3) is 0.833. The molecule has 0 heterocycles. The predicted molar refractivity (Wildman–Crippen MR) is 39.4 cm³/mol. The Morgan fingerprint density at radius 3 is 2.89 bits per heavy atom. The Morgan fingerprint density at radius 1 is 1.78 bits per heavy atom. The molecular weight excluding hydrogens is 184 g/mol. The van der Waals surface area contributed by atoms with Crippen LogP contribution in [0.1, 0.15) is 26.2 Å². The van der Waals surface area contributed by atoms with Crippen LogP contribution in [0, 0.1) is 0 Å². The van der Waals surface area contributed by atoms with Crippen LogP contribution in [0.3, 0.4) is 0 Å². The molecule has 1 unspecified atom stereocenters. The van der Waals surface area contributed by atoms with Crippen molar-refractivity contribution in [2.75, 3.05) is 0 Å². The molecule has 0 bridgehead atoms. The maximum atomic E-state index is 9.73. The van der Waals surface area contributed by atoms with Gasteiger partial charge in [0.15, 0.2) is 5.01 Å². The molecule has 0 fully saturated rings. The van der Waals surface area contributed by atoms with Crippen molar-refractivity contribution in [1.29, 1.82) is 0 Å². The molecule has 0 spiro atoms. The van der Waals surface area contributed by atoms with Crippen LogP contribution in [0.4, 0.5) is 0 Å². The van der Waals surface area contributed by atoms with Crippen LogP contribution in [0.5, 0.6) is 0 Å². The third-order valence-electron chi connectivity index (χ3n) is 0.988. The van der Waals surface area contributed by atoms with Crippen LogP contribution in [-0.4, -0.2) is 11.5 Å². The van der Waals surface area contributed by atoms with Crippen LogP contribution in [0.2, 0.25) is 0 Å². The van der Waals surface area contributed by atoms with Crippen molar-refractivity contribution < 1.29 is 9.53 Å². The summed E-state index contributed by atoms with van der Waals surface area (Å²) >= 11 is 3.19. The summed E-state index contributed by atoms with van der Waals surface area (Å²) < 4.78 is 4.58. The molecule has 1 atom stereocenters. The maximum absolute atomic E-state index is 9.73. The highest BCUT2D eigenvalue weighted by molar-refractivity contribution is 9.09.